The van der Waals surface area contributed by atoms with E-state index >= 15 is 0 Å². The number of hydrogen-bond donors (Lipinski definition) is 1. The molecule has 1 fully saturated rings. The summed E-state index contributed by atoms with van der Waals surface area (Å²) in [4.78, 5) is 13.4. The Hall–Kier alpha value is -2.24. The second-order valence-corrected chi connectivity index (χ2v) is 8.11. The van der Waals surface area contributed by atoms with Gasteiger partial charge in [0.25, 0.3) is 0 Å². The van der Waals surface area contributed by atoms with Crippen molar-refractivity contribution in [3.05, 3.63) is 58.1 Å². The lowest BCUT2D eigenvalue weighted by Crippen LogP contribution is -2.47. The minimum atomic E-state index is -0.570. The third-order valence-corrected chi connectivity index (χ3v) is 5.95. The number of amides is 1. The number of aryl methyl sites for hydroxylation is 1. The molecule has 2 heterocycles. The maximum Gasteiger partial charge on any atom is 0.231 e. The first-order valence-corrected chi connectivity index (χ1v) is 10.5. The zero-order valence-corrected chi connectivity index (χ0v) is 17.4. The normalized spacial score (nSPS) is 18.0. The lowest BCUT2D eigenvalue weighted by molar-refractivity contribution is -0.130. The first-order chi connectivity index (χ1) is 14.1. The zero-order valence-electron chi connectivity index (χ0n) is 16.6. The van der Waals surface area contributed by atoms with Crippen LogP contribution in [0.3, 0.4) is 0 Å². The van der Waals surface area contributed by atoms with Crippen LogP contribution in [0.25, 0.3) is 0 Å². The Morgan fingerprint density at radius 3 is 2.69 bits per heavy atom. The van der Waals surface area contributed by atoms with Gasteiger partial charge in [0.2, 0.25) is 5.91 Å². The fourth-order valence-corrected chi connectivity index (χ4v) is 4.34. The molecule has 2 aromatic carbocycles. The summed E-state index contributed by atoms with van der Waals surface area (Å²) >= 11 is 6.39. The van der Waals surface area contributed by atoms with Gasteiger partial charge in [0.15, 0.2) is 11.5 Å². The number of carbonyl (C=O) groups excluding carboxylic acids is 1. The Morgan fingerprint density at radius 2 is 1.90 bits per heavy atom. The highest BCUT2D eigenvalue weighted by Gasteiger charge is 2.41. The van der Waals surface area contributed by atoms with Crippen LogP contribution in [-0.2, 0) is 21.5 Å². The van der Waals surface area contributed by atoms with Crippen molar-refractivity contribution in [3.8, 4) is 11.5 Å². The van der Waals surface area contributed by atoms with Gasteiger partial charge in [-0.05, 0) is 43.0 Å². The number of ether oxygens (including phenoxy) is 3. The molecule has 1 saturated heterocycles. The topological polar surface area (TPSA) is 56.8 Å². The molecule has 0 unspecified atom stereocenters. The third-order valence-electron chi connectivity index (χ3n) is 5.67. The Morgan fingerprint density at radius 1 is 1.10 bits per heavy atom. The van der Waals surface area contributed by atoms with Crippen molar-refractivity contribution in [1.29, 1.82) is 0 Å². The Balaban J connectivity index is 1.54. The Kier molecular flexibility index (Phi) is 5.97. The molecule has 29 heavy (non-hydrogen) atoms. The standard InChI is InChI=1S/C23H26ClNO4/c1-16-4-2-5-18(12-16)23(6-10-27-11-7-23)22(26)25-15-17-13-19(24)21-20(14-17)28-8-3-9-29-21/h2,4-5,12-14H,3,6-11,15H2,1H3,(H,25,26). The van der Waals surface area contributed by atoms with E-state index < -0.39 is 5.41 Å². The number of halogens is 1. The van der Waals surface area contributed by atoms with Crippen molar-refractivity contribution in [3.63, 3.8) is 0 Å². The van der Waals surface area contributed by atoms with Gasteiger partial charge in [0.1, 0.15) is 0 Å². The molecular formula is C23H26ClNO4. The van der Waals surface area contributed by atoms with E-state index in [1.165, 1.54) is 0 Å². The molecule has 0 bridgehead atoms. The predicted octanol–water partition coefficient (Wildman–Crippen LogP) is 4.17. The number of fused-ring (bicyclic) bond motifs is 1. The SMILES string of the molecule is Cc1cccc(C2(C(=O)NCc3cc(Cl)c4c(c3)OCCCO4)CCOCC2)c1. The molecule has 0 saturated carbocycles. The van der Waals surface area contributed by atoms with E-state index in [0.29, 0.717) is 62.3 Å². The molecule has 1 N–H and O–H groups in total. The van der Waals surface area contributed by atoms with Crippen LogP contribution in [0, 0.1) is 6.92 Å². The molecule has 2 aromatic rings. The summed E-state index contributed by atoms with van der Waals surface area (Å²) in [7, 11) is 0. The molecule has 0 aliphatic carbocycles. The molecule has 4 rings (SSSR count). The van der Waals surface area contributed by atoms with E-state index in [-0.39, 0.29) is 5.91 Å². The number of hydrogen-bond acceptors (Lipinski definition) is 4. The van der Waals surface area contributed by atoms with Gasteiger partial charge in [-0.1, -0.05) is 41.4 Å². The van der Waals surface area contributed by atoms with E-state index in [1.807, 2.05) is 37.3 Å². The molecule has 2 aliphatic heterocycles. The summed E-state index contributed by atoms with van der Waals surface area (Å²) in [6.07, 6.45) is 2.16. The second-order valence-electron chi connectivity index (χ2n) is 7.70. The summed E-state index contributed by atoms with van der Waals surface area (Å²) < 4.78 is 17.0. The lowest BCUT2D eigenvalue weighted by Gasteiger charge is -2.36. The van der Waals surface area contributed by atoms with Crippen LogP contribution in [0.1, 0.15) is 36.0 Å². The van der Waals surface area contributed by atoms with Gasteiger partial charge in [0.05, 0.1) is 23.7 Å². The summed E-state index contributed by atoms with van der Waals surface area (Å²) in [6.45, 7) is 4.77. The van der Waals surface area contributed by atoms with E-state index in [9.17, 15) is 4.79 Å². The van der Waals surface area contributed by atoms with E-state index in [4.69, 9.17) is 25.8 Å². The molecule has 154 valence electrons. The van der Waals surface area contributed by atoms with Gasteiger partial charge in [-0.3, -0.25) is 4.79 Å². The van der Waals surface area contributed by atoms with Crippen LogP contribution >= 0.6 is 11.6 Å². The van der Waals surface area contributed by atoms with Crippen molar-refractivity contribution in [2.24, 2.45) is 0 Å². The zero-order chi connectivity index (χ0) is 20.3. The van der Waals surface area contributed by atoms with Crippen LogP contribution in [0.4, 0.5) is 0 Å². The monoisotopic (exact) mass is 415 g/mol. The van der Waals surface area contributed by atoms with Gasteiger partial charge in [-0.25, -0.2) is 0 Å². The quantitative estimate of drug-likeness (QED) is 0.814. The fourth-order valence-electron chi connectivity index (χ4n) is 4.05. The minimum Gasteiger partial charge on any atom is -0.489 e. The molecule has 0 aromatic heterocycles. The van der Waals surface area contributed by atoms with Crippen LogP contribution in [-0.4, -0.2) is 32.3 Å². The van der Waals surface area contributed by atoms with Crippen molar-refractivity contribution in [2.75, 3.05) is 26.4 Å². The summed E-state index contributed by atoms with van der Waals surface area (Å²) in [5.41, 5.74) is 2.52. The first kappa shape index (κ1) is 20.0. The maximum atomic E-state index is 13.4. The first-order valence-electron chi connectivity index (χ1n) is 10.1. The average Bonchev–Trinajstić information content (AvgIpc) is 2.98. The largest absolute Gasteiger partial charge is 0.489 e. The average molecular weight is 416 g/mol. The number of carbonyl (C=O) groups is 1. The van der Waals surface area contributed by atoms with Gasteiger partial charge in [-0.15, -0.1) is 0 Å². The molecule has 0 atom stereocenters. The predicted molar refractivity (Wildman–Crippen MR) is 112 cm³/mol. The maximum absolute atomic E-state index is 13.4. The van der Waals surface area contributed by atoms with Gasteiger partial charge in [0, 0.05) is 26.2 Å². The molecule has 2 aliphatic rings. The van der Waals surface area contributed by atoms with Gasteiger partial charge < -0.3 is 19.5 Å². The van der Waals surface area contributed by atoms with Crippen LogP contribution in [0.2, 0.25) is 5.02 Å². The van der Waals surface area contributed by atoms with Crippen LogP contribution in [0.15, 0.2) is 36.4 Å². The fraction of sp³-hybridized carbons (Fsp3) is 0.435. The molecule has 0 radical (unpaired) electrons. The van der Waals surface area contributed by atoms with Crippen LogP contribution in [0.5, 0.6) is 11.5 Å². The highest BCUT2D eigenvalue weighted by molar-refractivity contribution is 6.32. The molecule has 0 spiro atoms. The van der Waals surface area contributed by atoms with Gasteiger partial charge in [-0.2, -0.15) is 0 Å². The number of nitrogens with one attached hydrogen (secondary N) is 1. The highest BCUT2D eigenvalue weighted by atomic mass is 35.5. The van der Waals surface area contributed by atoms with E-state index in [1.54, 1.807) is 0 Å². The van der Waals surface area contributed by atoms with Crippen LogP contribution < -0.4 is 14.8 Å². The third kappa shape index (κ3) is 4.21. The number of benzene rings is 2. The highest BCUT2D eigenvalue weighted by Crippen LogP contribution is 2.39. The Labute approximate surface area is 176 Å². The summed E-state index contributed by atoms with van der Waals surface area (Å²) in [5.74, 6) is 1.24. The van der Waals surface area contributed by atoms with Crippen molar-refractivity contribution in [1.82, 2.24) is 5.32 Å². The Bertz CT molecular complexity index is 892. The van der Waals surface area contributed by atoms with E-state index in [0.717, 1.165) is 23.1 Å². The molecular weight excluding hydrogens is 390 g/mol. The van der Waals surface area contributed by atoms with Crippen molar-refractivity contribution < 1.29 is 19.0 Å². The second kappa shape index (κ2) is 8.64. The lowest BCUT2D eigenvalue weighted by atomic mass is 9.73. The number of rotatable bonds is 4. The van der Waals surface area contributed by atoms with Crippen molar-refractivity contribution in [2.45, 2.75) is 38.1 Å². The molecule has 6 heteroatoms. The smallest absolute Gasteiger partial charge is 0.231 e. The van der Waals surface area contributed by atoms with Gasteiger partial charge >= 0.3 is 0 Å². The summed E-state index contributed by atoms with van der Waals surface area (Å²) in [5, 5.41) is 3.64. The van der Waals surface area contributed by atoms with Crippen molar-refractivity contribution >= 4 is 17.5 Å². The molecule has 1 amide bonds. The molecule has 5 nitrogen and oxygen atoms in total. The summed E-state index contributed by atoms with van der Waals surface area (Å²) in [6, 6.07) is 11.9. The minimum absolute atomic E-state index is 0.0228. The van der Waals surface area contributed by atoms with E-state index in [2.05, 4.69) is 11.4 Å².